The molecule has 1 atom stereocenters. The maximum Gasteiger partial charge on any atom is 0.414 e. The molecular formula is C24H27F2N5O7S2. The van der Waals surface area contributed by atoms with E-state index in [1.807, 2.05) is 0 Å². The Labute approximate surface area is 234 Å². The Kier molecular flexibility index (Phi) is 9.02. The summed E-state index contributed by atoms with van der Waals surface area (Å²) in [7, 11) is -2.71. The number of carbonyl (C=O) groups is 2. The number of methoxy groups -OCH3 is 1. The van der Waals surface area contributed by atoms with Gasteiger partial charge >= 0.3 is 6.09 Å². The number of hydrogen-bond acceptors (Lipinski definition) is 9. The predicted octanol–water partition coefficient (Wildman–Crippen LogP) is 2.21. The van der Waals surface area contributed by atoms with Gasteiger partial charge in [0.05, 0.1) is 43.9 Å². The van der Waals surface area contributed by atoms with Crippen molar-refractivity contribution in [1.82, 2.24) is 9.79 Å². The van der Waals surface area contributed by atoms with Crippen molar-refractivity contribution in [3.05, 3.63) is 48.0 Å². The van der Waals surface area contributed by atoms with Gasteiger partial charge < -0.3 is 25.0 Å². The molecule has 0 bridgehead atoms. The Morgan fingerprint density at radius 2 is 1.82 bits per heavy atom. The highest BCUT2D eigenvalue weighted by atomic mass is 32.2. The van der Waals surface area contributed by atoms with Gasteiger partial charge in [-0.2, -0.15) is 0 Å². The highest BCUT2D eigenvalue weighted by Gasteiger charge is 2.35. The summed E-state index contributed by atoms with van der Waals surface area (Å²) in [5, 5.41) is 5.42. The average molecular weight is 600 g/mol. The number of ether oxygens (including phenoxy) is 2. The van der Waals surface area contributed by atoms with Crippen LogP contribution in [0.5, 0.6) is 0 Å². The Balaban J connectivity index is 1.44. The molecule has 0 aromatic heterocycles. The van der Waals surface area contributed by atoms with Crippen LogP contribution < -0.4 is 20.4 Å². The number of anilines is 3. The van der Waals surface area contributed by atoms with Crippen LogP contribution in [0.3, 0.4) is 0 Å². The van der Waals surface area contributed by atoms with Crippen molar-refractivity contribution < 1.29 is 41.1 Å². The number of halogens is 2. The lowest BCUT2D eigenvalue weighted by atomic mass is 10.2. The summed E-state index contributed by atoms with van der Waals surface area (Å²) >= 11 is 4.88. The van der Waals surface area contributed by atoms with Crippen LogP contribution in [0, 0.1) is 11.6 Å². The number of hydroxylamine groups is 1. The molecule has 0 spiro atoms. The van der Waals surface area contributed by atoms with E-state index in [2.05, 4.69) is 10.6 Å². The summed E-state index contributed by atoms with van der Waals surface area (Å²) in [6.07, 6.45) is -1.39. The molecule has 2 aromatic carbocycles. The van der Waals surface area contributed by atoms with E-state index in [-0.39, 0.29) is 66.7 Å². The Bertz CT molecular complexity index is 1370. The van der Waals surface area contributed by atoms with Crippen LogP contribution in [0.4, 0.5) is 30.6 Å². The monoisotopic (exact) mass is 599 g/mol. The number of benzene rings is 2. The topological polar surface area (TPSA) is 130 Å². The van der Waals surface area contributed by atoms with Crippen LogP contribution in [0.15, 0.2) is 41.3 Å². The van der Waals surface area contributed by atoms with Crippen molar-refractivity contribution in [3.8, 4) is 0 Å². The fraction of sp³-hybridized carbons (Fsp3) is 0.375. The van der Waals surface area contributed by atoms with Crippen molar-refractivity contribution in [2.45, 2.75) is 17.9 Å². The summed E-state index contributed by atoms with van der Waals surface area (Å²) in [6, 6.07) is 7.56. The molecule has 2 N–H and O–H groups in total. The van der Waals surface area contributed by atoms with Gasteiger partial charge in [0.15, 0.2) is 11.6 Å². The Hall–Kier alpha value is -3.60. The number of sulfonamides is 1. The summed E-state index contributed by atoms with van der Waals surface area (Å²) in [6.45, 7) is 1.06. The van der Waals surface area contributed by atoms with Gasteiger partial charge in [-0.3, -0.25) is 14.5 Å². The third-order valence-electron chi connectivity index (χ3n) is 6.05. The van der Waals surface area contributed by atoms with Crippen LogP contribution >= 0.6 is 12.2 Å². The molecular weight excluding hydrogens is 572 g/mol. The average Bonchev–Trinajstić information content (AvgIpc) is 3.10. The predicted molar refractivity (Wildman–Crippen MR) is 144 cm³/mol. The maximum atomic E-state index is 15.2. The lowest BCUT2D eigenvalue weighted by Crippen LogP contribution is -2.35. The Morgan fingerprint density at radius 1 is 1.15 bits per heavy atom. The first-order valence-electron chi connectivity index (χ1n) is 12.1. The standard InChI is InChI=1S/C24H27F2N5O7S2/c1-15(32)28-16-3-5-19(6-4-16)40(34,35)31-8-7-29(9-10-37-31)22-20(25)11-17(12-21(22)26)30-14-18(38-24(30)33)13-27-23(39)36-2/h3-6,11-12,18H,7-10,13-14H2,1-2H3,(H,27,39)(H,28,32)/t18-/m0/s1. The van der Waals surface area contributed by atoms with Gasteiger partial charge in [0, 0.05) is 37.8 Å². The number of nitrogens with zero attached hydrogens (tertiary/aromatic N) is 3. The first kappa shape index (κ1) is 29.4. The van der Waals surface area contributed by atoms with Crippen molar-refractivity contribution in [2.24, 2.45) is 0 Å². The van der Waals surface area contributed by atoms with E-state index >= 15 is 8.78 Å². The van der Waals surface area contributed by atoms with Crippen LogP contribution in [-0.4, -0.2) is 82.6 Å². The largest absolute Gasteiger partial charge is 0.474 e. The minimum Gasteiger partial charge on any atom is -0.474 e. The van der Waals surface area contributed by atoms with Crippen LogP contribution in [0.2, 0.25) is 0 Å². The molecule has 2 aromatic rings. The molecule has 40 heavy (non-hydrogen) atoms. The molecule has 4 rings (SSSR count). The zero-order valence-electron chi connectivity index (χ0n) is 21.6. The minimum atomic E-state index is -4.09. The molecule has 2 aliphatic heterocycles. The summed E-state index contributed by atoms with van der Waals surface area (Å²) in [5.74, 6) is -2.17. The van der Waals surface area contributed by atoms with Crippen LogP contribution in [-0.2, 0) is 29.1 Å². The molecule has 2 amide bonds. The molecule has 0 saturated carbocycles. The molecule has 2 aliphatic rings. The molecule has 216 valence electrons. The van der Waals surface area contributed by atoms with Crippen molar-refractivity contribution in [1.29, 1.82) is 0 Å². The number of rotatable bonds is 7. The molecule has 12 nitrogen and oxygen atoms in total. The number of amides is 2. The van der Waals surface area contributed by atoms with Gasteiger partial charge in [-0.1, -0.05) is 4.47 Å². The minimum absolute atomic E-state index is 0.000411. The second-order valence-electron chi connectivity index (χ2n) is 8.80. The third-order valence-corrected chi connectivity index (χ3v) is 8.06. The SMILES string of the molecule is COC(=S)NC[C@H]1CN(c2cc(F)c(N3CCON(S(=O)(=O)c4ccc(NC(C)=O)cc4)CC3)c(F)c2)C(=O)O1. The van der Waals surface area contributed by atoms with E-state index in [0.29, 0.717) is 5.69 Å². The second kappa shape index (κ2) is 12.3. The first-order valence-corrected chi connectivity index (χ1v) is 13.9. The maximum absolute atomic E-state index is 15.2. The molecule has 0 aliphatic carbocycles. The number of nitrogens with one attached hydrogen (secondary N) is 2. The van der Waals surface area contributed by atoms with E-state index in [1.165, 1.54) is 43.2 Å². The number of cyclic esters (lactones) is 1. The van der Waals surface area contributed by atoms with Gasteiger partial charge in [-0.05, 0) is 36.5 Å². The highest BCUT2D eigenvalue weighted by molar-refractivity contribution is 7.89. The lowest BCUT2D eigenvalue weighted by molar-refractivity contribution is -0.114. The molecule has 16 heteroatoms. The van der Waals surface area contributed by atoms with Gasteiger partial charge in [0.2, 0.25) is 5.91 Å². The van der Waals surface area contributed by atoms with Crippen molar-refractivity contribution in [3.63, 3.8) is 0 Å². The molecule has 0 unspecified atom stereocenters. The van der Waals surface area contributed by atoms with Gasteiger partial charge in [0.25, 0.3) is 15.2 Å². The second-order valence-corrected chi connectivity index (χ2v) is 11.0. The van der Waals surface area contributed by atoms with E-state index in [0.717, 1.165) is 21.5 Å². The zero-order valence-corrected chi connectivity index (χ0v) is 23.2. The van der Waals surface area contributed by atoms with Gasteiger partial charge in [0.1, 0.15) is 11.8 Å². The van der Waals surface area contributed by atoms with Crippen molar-refractivity contribution >= 4 is 56.5 Å². The normalized spacial score (nSPS) is 18.2. The zero-order chi connectivity index (χ0) is 29.0. The fourth-order valence-electron chi connectivity index (χ4n) is 4.19. The Morgan fingerprint density at radius 3 is 2.45 bits per heavy atom. The summed E-state index contributed by atoms with van der Waals surface area (Å²) < 4.78 is 67.4. The fourth-order valence-corrected chi connectivity index (χ4v) is 5.53. The van der Waals surface area contributed by atoms with Gasteiger partial charge in [-0.25, -0.2) is 22.0 Å². The van der Waals surface area contributed by atoms with E-state index < -0.39 is 33.9 Å². The third kappa shape index (κ3) is 6.57. The van der Waals surface area contributed by atoms with Gasteiger partial charge in [-0.15, -0.1) is 0 Å². The molecule has 2 heterocycles. The number of hydrogen-bond donors (Lipinski definition) is 2. The summed E-state index contributed by atoms with van der Waals surface area (Å²) in [4.78, 5) is 31.3. The molecule has 2 saturated heterocycles. The number of thiocarbonyl (C=S) groups is 1. The summed E-state index contributed by atoms with van der Waals surface area (Å²) in [5.41, 5.74) is 0.0226. The van der Waals surface area contributed by atoms with E-state index in [1.54, 1.807) is 0 Å². The smallest absolute Gasteiger partial charge is 0.414 e. The van der Waals surface area contributed by atoms with Crippen molar-refractivity contribution in [2.75, 3.05) is 61.6 Å². The molecule has 2 fully saturated rings. The van der Waals surface area contributed by atoms with Crippen LogP contribution in [0.25, 0.3) is 0 Å². The lowest BCUT2D eigenvalue weighted by Gasteiger charge is -2.24. The van der Waals surface area contributed by atoms with E-state index in [4.69, 9.17) is 26.5 Å². The first-order chi connectivity index (χ1) is 19.0. The highest BCUT2D eigenvalue weighted by Crippen LogP contribution is 2.32. The quantitative estimate of drug-likeness (QED) is 0.457. The molecule has 0 radical (unpaired) electrons. The number of carbonyl (C=O) groups excluding carboxylic acids is 2. The van der Waals surface area contributed by atoms with E-state index in [9.17, 15) is 18.0 Å². The van der Waals surface area contributed by atoms with Crippen LogP contribution in [0.1, 0.15) is 6.92 Å².